The van der Waals surface area contributed by atoms with Gasteiger partial charge in [-0.15, -0.1) is 0 Å². The Balaban J connectivity index is 1.58. The number of benzene rings is 3. The Morgan fingerprint density at radius 3 is 2.41 bits per heavy atom. The highest BCUT2D eigenvalue weighted by Crippen LogP contribution is 2.23. The number of rotatable bonds is 7. The molecule has 4 nitrogen and oxygen atoms in total. The molecule has 6 heteroatoms. The van der Waals surface area contributed by atoms with Crippen molar-refractivity contribution in [2.75, 3.05) is 0 Å². The lowest BCUT2D eigenvalue weighted by molar-refractivity contribution is 0.0930. The highest BCUT2D eigenvalue weighted by atomic mass is 35.5. The highest BCUT2D eigenvalue weighted by molar-refractivity contribution is 6.30. The summed E-state index contributed by atoms with van der Waals surface area (Å²) in [6.45, 7) is 1.99. The van der Waals surface area contributed by atoms with Gasteiger partial charge >= 0.3 is 0 Å². The second-order valence-corrected chi connectivity index (χ2v) is 8.15. The molecule has 4 aromatic rings. The molecule has 3 aromatic carbocycles. The molecular formula is C26H23ClFN3O. The maximum Gasteiger partial charge on any atom is 0.270 e. The van der Waals surface area contributed by atoms with Crippen LogP contribution in [0.3, 0.4) is 0 Å². The molecule has 0 aliphatic rings. The lowest BCUT2D eigenvalue weighted by atomic mass is 10.1. The molecule has 1 amide bonds. The summed E-state index contributed by atoms with van der Waals surface area (Å²) in [7, 11) is 0. The van der Waals surface area contributed by atoms with Gasteiger partial charge in [0.25, 0.3) is 5.91 Å². The summed E-state index contributed by atoms with van der Waals surface area (Å²) < 4.78 is 14.9. The number of hydrogen-bond donors (Lipinski definition) is 1. The molecule has 0 fully saturated rings. The number of carbonyl (C=O) groups excluding carboxylic acids is 1. The van der Waals surface area contributed by atoms with Gasteiger partial charge in [0, 0.05) is 16.6 Å². The first-order chi connectivity index (χ1) is 15.5. The SMILES string of the molecule is CC(CCc1ccccc1)NC(=O)c1cc(-c2ccc(F)cc2)nn1-c1ccc(Cl)cc1. The minimum absolute atomic E-state index is 0.0226. The fraction of sp³-hybridized carbons (Fsp3) is 0.154. The first-order valence-electron chi connectivity index (χ1n) is 10.5. The van der Waals surface area contributed by atoms with Crippen molar-refractivity contribution < 1.29 is 9.18 Å². The van der Waals surface area contributed by atoms with Crippen LogP contribution in [0.25, 0.3) is 16.9 Å². The molecule has 32 heavy (non-hydrogen) atoms. The van der Waals surface area contributed by atoms with Gasteiger partial charge in [-0.05, 0) is 79.9 Å². The zero-order valence-electron chi connectivity index (χ0n) is 17.6. The maximum absolute atomic E-state index is 13.4. The van der Waals surface area contributed by atoms with Crippen LogP contribution in [0.5, 0.6) is 0 Å². The summed E-state index contributed by atoms with van der Waals surface area (Å²) in [5.74, 6) is -0.544. The van der Waals surface area contributed by atoms with Crippen molar-refractivity contribution in [3.05, 3.63) is 107 Å². The van der Waals surface area contributed by atoms with Crippen LogP contribution in [-0.2, 0) is 6.42 Å². The van der Waals surface area contributed by atoms with Gasteiger partial charge in [-0.2, -0.15) is 5.10 Å². The van der Waals surface area contributed by atoms with E-state index in [1.165, 1.54) is 17.7 Å². The van der Waals surface area contributed by atoms with Crippen molar-refractivity contribution in [2.24, 2.45) is 0 Å². The van der Waals surface area contributed by atoms with Gasteiger partial charge < -0.3 is 5.32 Å². The average molecular weight is 448 g/mol. The number of aryl methyl sites for hydroxylation is 1. The molecule has 1 heterocycles. The van der Waals surface area contributed by atoms with Crippen molar-refractivity contribution in [1.82, 2.24) is 15.1 Å². The van der Waals surface area contributed by atoms with Crippen LogP contribution in [0.1, 0.15) is 29.4 Å². The number of aromatic nitrogens is 2. The minimum atomic E-state index is -0.323. The van der Waals surface area contributed by atoms with Gasteiger partial charge in [0.05, 0.1) is 11.4 Å². The van der Waals surface area contributed by atoms with E-state index in [1.54, 1.807) is 47.1 Å². The number of hydrogen-bond acceptors (Lipinski definition) is 2. The molecule has 162 valence electrons. The molecule has 1 aromatic heterocycles. The molecular weight excluding hydrogens is 425 g/mol. The molecule has 0 spiro atoms. The van der Waals surface area contributed by atoms with Crippen LogP contribution in [0.4, 0.5) is 4.39 Å². The molecule has 0 aliphatic heterocycles. The Hall–Kier alpha value is -3.44. The van der Waals surface area contributed by atoms with E-state index in [9.17, 15) is 9.18 Å². The molecule has 0 radical (unpaired) electrons. The van der Waals surface area contributed by atoms with Crippen molar-refractivity contribution in [2.45, 2.75) is 25.8 Å². The predicted octanol–water partition coefficient (Wildman–Crippen LogP) is 6.08. The maximum atomic E-state index is 13.4. The van der Waals surface area contributed by atoms with Gasteiger partial charge in [0.1, 0.15) is 11.5 Å². The molecule has 4 rings (SSSR count). The largest absolute Gasteiger partial charge is 0.348 e. The number of carbonyl (C=O) groups is 1. The van der Waals surface area contributed by atoms with Gasteiger partial charge in [-0.1, -0.05) is 41.9 Å². The third-order valence-electron chi connectivity index (χ3n) is 5.24. The molecule has 1 N–H and O–H groups in total. The van der Waals surface area contributed by atoms with E-state index in [4.69, 9.17) is 11.6 Å². The van der Waals surface area contributed by atoms with E-state index >= 15 is 0 Å². The van der Waals surface area contributed by atoms with Crippen LogP contribution in [-0.4, -0.2) is 21.7 Å². The lowest BCUT2D eigenvalue weighted by Gasteiger charge is -2.14. The van der Waals surface area contributed by atoms with E-state index in [0.29, 0.717) is 22.1 Å². The Labute approximate surface area is 191 Å². The Morgan fingerprint density at radius 2 is 1.72 bits per heavy atom. The summed E-state index contributed by atoms with van der Waals surface area (Å²) in [6, 6.07) is 25.0. The zero-order chi connectivity index (χ0) is 22.5. The summed E-state index contributed by atoms with van der Waals surface area (Å²) in [5.41, 5.74) is 3.66. The lowest BCUT2D eigenvalue weighted by Crippen LogP contribution is -2.34. The molecule has 0 saturated carbocycles. The molecule has 0 bridgehead atoms. The first kappa shape index (κ1) is 21.8. The number of halogens is 2. The zero-order valence-corrected chi connectivity index (χ0v) is 18.4. The van der Waals surface area contributed by atoms with Crippen LogP contribution in [0.2, 0.25) is 5.02 Å². The summed E-state index contributed by atoms with van der Waals surface area (Å²) in [6.07, 6.45) is 1.69. The Kier molecular flexibility index (Phi) is 6.66. The monoisotopic (exact) mass is 447 g/mol. The number of nitrogens with zero attached hydrogens (tertiary/aromatic N) is 2. The van der Waals surface area contributed by atoms with E-state index in [-0.39, 0.29) is 17.8 Å². The predicted molar refractivity (Wildman–Crippen MR) is 126 cm³/mol. The Bertz CT molecular complexity index is 1190. The second kappa shape index (κ2) is 9.79. The molecule has 1 unspecified atom stereocenters. The van der Waals surface area contributed by atoms with Crippen LogP contribution in [0, 0.1) is 5.82 Å². The van der Waals surface area contributed by atoms with Crippen LogP contribution >= 0.6 is 11.6 Å². The van der Waals surface area contributed by atoms with Gasteiger partial charge in [-0.25, -0.2) is 9.07 Å². The molecule has 0 aliphatic carbocycles. The normalized spacial score (nSPS) is 11.8. The van der Waals surface area contributed by atoms with Gasteiger partial charge in [0.15, 0.2) is 0 Å². The van der Waals surface area contributed by atoms with E-state index in [0.717, 1.165) is 18.4 Å². The third-order valence-corrected chi connectivity index (χ3v) is 5.49. The van der Waals surface area contributed by atoms with Crippen molar-refractivity contribution in [3.63, 3.8) is 0 Å². The topological polar surface area (TPSA) is 46.9 Å². The van der Waals surface area contributed by atoms with Gasteiger partial charge in [-0.3, -0.25) is 4.79 Å². The highest BCUT2D eigenvalue weighted by Gasteiger charge is 2.19. The van der Waals surface area contributed by atoms with Gasteiger partial charge in [0.2, 0.25) is 0 Å². The quantitative estimate of drug-likeness (QED) is 0.373. The van der Waals surface area contributed by atoms with E-state index < -0.39 is 0 Å². The summed E-state index contributed by atoms with van der Waals surface area (Å²) in [4.78, 5) is 13.2. The standard InChI is InChI=1S/C26H23ClFN3O/c1-18(7-8-19-5-3-2-4-6-19)29-26(32)25-17-24(20-9-13-22(28)14-10-20)30-31(25)23-15-11-21(27)12-16-23/h2-6,9-18H,7-8H2,1H3,(H,29,32). The molecule has 1 atom stereocenters. The second-order valence-electron chi connectivity index (χ2n) is 7.71. The Morgan fingerprint density at radius 1 is 1.03 bits per heavy atom. The van der Waals surface area contributed by atoms with Crippen LogP contribution in [0.15, 0.2) is 84.9 Å². The fourth-order valence-corrected chi connectivity index (χ4v) is 3.61. The van der Waals surface area contributed by atoms with Crippen molar-refractivity contribution >= 4 is 17.5 Å². The fourth-order valence-electron chi connectivity index (χ4n) is 3.48. The van der Waals surface area contributed by atoms with Crippen LogP contribution < -0.4 is 5.32 Å². The summed E-state index contributed by atoms with van der Waals surface area (Å²) in [5, 5.41) is 8.30. The number of nitrogens with one attached hydrogen (secondary N) is 1. The van der Waals surface area contributed by atoms with Crippen molar-refractivity contribution in [1.29, 1.82) is 0 Å². The summed E-state index contributed by atoms with van der Waals surface area (Å²) >= 11 is 6.03. The first-order valence-corrected chi connectivity index (χ1v) is 10.8. The minimum Gasteiger partial charge on any atom is -0.348 e. The van der Waals surface area contributed by atoms with Crippen molar-refractivity contribution in [3.8, 4) is 16.9 Å². The average Bonchev–Trinajstić information content (AvgIpc) is 3.25. The third kappa shape index (κ3) is 5.24. The molecule has 0 saturated heterocycles. The van der Waals surface area contributed by atoms with E-state index in [2.05, 4.69) is 22.5 Å². The smallest absolute Gasteiger partial charge is 0.270 e. The van der Waals surface area contributed by atoms with E-state index in [1.807, 2.05) is 25.1 Å². The number of amides is 1.